The average Bonchev–Trinajstić information content (AvgIpc) is 3.28. The highest BCUT2D eigenvalue weighted by Gasteiger charge is 2.23. The number of carbonyl (C=O) groups excluding carboxylic acids is 1. The molecule has 0 bridgehead atoms. The molecule has 0 spiro atoms. The first-order chi connectivity index (χ1) is 13.0. The van der Waals surface area contributed by atoms with Crippen LogP contribution in [0.1, 0.15) is 22.3 Å². The molecule has 140 valence electrons. The molecule has 1 unspecified atom stereocenters. The number of rotatable bonds is 5. The summed E-state index contributed by atoms with van der Waals surface area (Å²) in [5, 5.41) is 0. The summed E-state index contributed by atoms with van der Waals surface area (Å²) in [5.41, 5.74) is 9.63. The first-order valence-electron chi connectivity index (χ1n) is 9.28. The molecule has 1 fully saturated rings. The van der Waals surface area contributed by atoms with Crippen molar-refractivity contribution in [1.29, 1.82) is 0 Å². The van der Waals surface area contributed by atoms with Crippen molar-refractivity contribution in [3.63, 3.8) is 0 Å². The van der Waals surface area contributed by atoms with Crippen LogP contribution in [0.15, 0.2) is 42.5 Å². The minimum absolute atomic E-state index is 0.441. The number of hydrogen-bond donors (Lipinski definition) is 2. The van der Waals surface area contributed by atoms with Gasteiger partial charge in [0.2, 0.25) is 0 Å². The SMILES string of the molecule is CN(C)C1CCN(Cc2ccc(-c3nc4c(C(N)=O)cccc4[nH]3)cc2)C1. The van der Waals surface area contributed by atoms with Crippen LogP contribution in [0.25, 0.3) is 22.4 Å². The number of nitrogens with two attached hydrogens (primary N) is 1. The molecule has 1 aliphatic heterocycles. The van der Waals surface area contributed by atoms with Gasteiger partial charge in [-0.15, -0.1) is 0 Å². The average molecular weight is 363 g/mol. The summed E-state index contributed by atoms with van der Waals surface area (Å²) < 4.78 is 0. The fraction of sp³-hybridized carbons (Fsp3) is 0.333. The molecule has 2 heterocycles. The largest absolute Gasteiger partial charge is 0.366 e. The highest BCUT2D eigenvalue weighted by molar-refractivity contribution is 6.04. The van der Waals surface area contributed by atoms with Gasteiger partial charge in [0.15, 0.2) is 0 Å². The standard InChI is InChI=1S/C21H25N5O/c1-25(2)16-10-11-26(13-16)12-14-6-8-15(9-7-14)21-23-18-5-3-4-17(20(22)27)19(18)24-21/h3-9,16H,10-13H2,1-2H3,(H2,22,27)(H,23,24). The number of fused-ring (bicyclic) bond motifs is 1. The highest BCUT2D eigenvalue weighted by atomic mass is 16.1. The number of likely N-dealkylation sites (tertiary alicyclic amines) is 1. The summed E-state index contributed by atoms with van der Waals surface area (Å²) in [5.74, 6) is 0.287. The zero-order valence-corrected chi connectivity index (χ0v) is 15.8. The molecule has 0 aliphatic carbocycles. The van der Waals surface area contributed by atoms with Crippen LogP contribution < -0.4 is 5.73 Å². The predicted molar refractivity (Wildman–Crippen MR) is 107 cm³/mol. The number of aromatic amines is 1. The van der Waals surface area contributed by atoms with Crippen LogP contribution in [-0.2, 0) is 6.54 Å². The minimum Gasteiger partial charge on any atom is -0.366 e. The molecule has 1 saturated heterocycles. The number of primary amides is 1. The van der Waals surface area contributed by atoms with Gasteiger partial charge in [0.25, 0.3) is 5.91 Å². The van der Waals surface area contributed by atoms with E-state index in [2.05, 4.69) is 58.1 Å². The zero-order chi connectivity index (χ0) is 19.0. The van der Waals surface area contributed by atoms with E-state index in [-0.39, 0.29) is 0 Å². The number of imidazole rings is 1. The third kappa shape index (κ3) is 3.59. The number of nitrogens with zero attached hydrogens (tertiary/aromatic N) is 3. The molecule has 0 saturated carbocycles. The first kappa shape index (κ1) is 17.7. The van der Waals surface area contributed by atoms with Crippen molar-refractivity contribution in [3.8, 4) is 11.4 Å². The summed E-state index contributed by atoms with van der Waals surface area (Å²) in [4.78, 5) is 24.3. The Bertz CT molecular complexity index is 960. The number of hydrogen-bond acceptors (Lipinski definition) is 4. The van der Waals surface area contributed by atoms with Gasteiger partial charge in [-0.05, 0) is 38.2 Å². The Morgan fingerprint density at radius 2 is 2.04 bits per heavy atom. The van der Waals surface area contributed by atoms with E-state index in [1.807, 2.05) is 12.1 Å². The molecule has 2 aromatic carbocycles. The molecule has 3 N–H and O–H groups in total. The summed E-state index contributed by atoms with van der Waals surface area (Å²) in [6.07, 6.45) is 1.23. The van der Waals surface area contributed by atoms with Crippen LogP contribution in [0, 0.1) is 0 Å². The number of carbonyl (C=O) groups is 1. The van der Waals surface area contributed by atoms with Gasteiger partial charge < -0.3 is 15.6 Å². The van der Waals surface area contributed by atoms with E-state index in [4.69, 9.17) is 5.73 Å². The van der Waals surface area contributed by atoms with Crippen molar-refractivity contribution in [2.24, 2.45) is 5.73 Å². The summed E-state index contributed by atoms with van der Waals surface area (Å²) in [6, 6.07) is 14.5. The third-order valence-corrected chi connectivity index (χ3v) is 5.39. The Balaban J connectivity index is 1.52. The lowest BCUT2D eigenvalue weighted by atomic mass is 10.1. The van der Waals surface area contributed by atoms with E-state index in [1.54, 1.807) is 6.07 Å². The molecule has 3 aromatic rings. The normalized spacial score (nSPS) is 17.8. The molecule has 0 radical (unpaired) electrons. The first-order valence-corrected chi connectivity index (χ1v) is 9.28. The maximum absolute atomic E-state index is 11.6. The van der Waals surface area contributed by atoms with Crippen LogP contribution in [0.5, 0.6) is 0 Å². The molecule has 4 rings (SSSR count). The third-order valence-electron chi connectivity index (χ3n) is 5.39. The molecule has 6 heteroatoms. The second-order valence-corrected chi connectivity index (χ2v) is 7.49. The van der Waals surface area contributed by atoms with Crippen molar-refractivity contribution < 1.29 is 4.79 Å². The van der Waals surface area contributed by atoms with E-state index in [0.29, 0.717) is 17.1 Å². The van der Waals surface area contributed by atoms with Crippen molar-refractivity contribution in [2.75, 3.05) is 27.2 Å². The van der Waals surface area contributed by atoms with Gasteiger partial charge in [0, 0.05) is 31.2 Å². The van der Waals surface area contributed by atoms with Gasteiger partial charge in [0.1, 0.15) is 11.3 Å². The van der Waals surface area contributed by atoms with Crippen LogP contribution in [0.3, 0.4) is 0 Å². The minimum atomic E-state index is -0.462. The molecule has 1 amide bonds. The fourth-order valence-electron chi connectivity index (χ4n) is 3.77. The lowest BCUT2D eigenvalue weighted by Gasteiger charge is -2.20. The molecule has 1 atom stereocenters. The molecule has 1 aromatic heterocycles. The number of benzene rings is 2. The van der Waals surface area contributed by atoms with E-state index in [9.17, 15) is 4.79 Å². The van der Waals surface area contributed by atoms with Crippen LogP contribution >= 0.6 is 0 Å². The maximum Gasteiger partial charge on any atom is 0.250 e. The summed E-state index contributed by atoms with van der Waals surface area (Å²) in [6.45, 7) is 3.23. The van der Waals surface area contributed by atoms with Crippen molar-refractivity contribution in [1.82, 2.24) is 19.8 Å². The molecule has 1 aliphatic rings. The lowest BCUT2D eigenvalue weighted by molar-refractivity contribution is 0.100. The number of aromatic nitrogens is 2. The zero-order valence-electron chi connectivity index (χ0n) is 15.8. The monoisotopic (exact) mass is 363 g/mol. The van der Waals surface area contributed by atoms with Crippen molar-refractivity contribution in [2.45, 2.75) is 19.0 Å². The van der Waals surface area contributed by atoms with E-state index < -0.39 is 5.91 Å². The number of H-pyrrole nitrogens is 1. The van der Waals surface area contributed by atoms with Gasteiger partial charge in [-0.2, -0.15) is 0 Å². The van der Waals surface area contributed by atoms with Crippen molar-refractivity contribution >= 4 is 16.9 Å². The molecular formula is C21H25N5O. The maximum atomic E-state index is 11.6. The Morgan fingerprint density at radius 3 is 2.70 bits per heavy atom. The predicted octanol–water partition coefficient (Wildman–Crippen LogP) is 2.46. The second-order valence-electron chi connectivity index (χ2n) is 7.49. The number of para-hydroxylation sites is 1. The van der Waals surface area contributed by atoms with Gasteiger partial charge in [-0.25, -0.2) is 4.98 Å². The van der Waals surface area contributed by atoms with Crippen LogP contribution in [0.2, 0.25) is 0 Å². The quantitative estimate of drug-likeness (QED) is 0.730. The number of nitrogens with one attached hydrogen (secondary N) is 1. The molecule has 27 heavy (non-hydrogen) atoms. The van der Waals surface area contributed by atoms with Gasteiger partial charge in [-0.3, -0.25) is 9.69 Å². The fourth-order valence-corrected chi connectivity index (χ4v) is 3.77. The molecule has 6 nitrogen and oxygen atoms in total. The molecular weight excluding hydrogens is 338 g/mol. The van der Waals surface area contributed by atoms with Crippen molar-refractivity contribution in [3.05, 3.63) is 53.6 Å². The van der Waals surface area contributed by atoms with Crippen LogP contribution in [0.4, 0.5) is 0 Å². The lowest BCUT2D eigenvalue weighted by Crippen LogP contribution is -2.31. The Labute approximate surface area is 159 Å². The van der Waals surface area contributed by atoms with Gasteiger partial charge in [-0.1, -0.05) is 30.3 Å². The topological polar surface area (TPSA) is 78.2 Å². The van der Waals surface area contributed by atoms with E-state index in [0.717, 1.165) is 36.5 Å². The highest BCUT2D eigenvalue weighted by Crippen LogP contribution is 2.24. The van der Waals surface area contributed by atoms with E-state index >= 15 is 0 Å². The summed E-state index contributed by atoms with van der Waals surface area (Å²) in [7, 11) is 4.31. The number of amides is 1. The van der Waals surface area contributed by atoms with E-state index in [1.165, 1.54) is 12.0 Å². The number of likely N-dealkylation sites (N-methyl/N-ethyl adjacent to an activating group) is 1. The second kappa shape index (κ2) is 7.13. The summed E-state index contributed by atoms with van der Waals surface area (Å²) >= 11 is 0. The Kier molecular flexibility index (Phi) is 4.68. The smallest absolute Gasteiger partial charge is 0.250 e. The van der Waals surface area contributed by atoms with Crippen LogP contribution in [-0.4, -0.2) is 58.9 Å². The van der Waals surface area contributed by atoms with Gasteiger partial charge >= 0.3 is 0 Å². The van der Waals surface area contributed by atoms with Gasteiger partial charge in [0.05, 0.1) is 11.1 Å². The Morgan fingerprint density at radius 1 is 1.26 bits per heavy atom. The Hall–Kier alpha value is -2.70.